The fourth-order valence-corrected chi connectivity index (χ4v) is 2.41. The van der Waals surface area contributed by atoms with Gasteiger partial charge in [0.15, 0.2) is 12.4 Å². The van der Waals surface area contributed by atoms with E-state index < -0.39 is 5.82 Å². The molecule has 0 aliphatic rings. The van der Waals surface area contributed by atoms with Gasteiger partial charge < -0.3 is 15.8 Å². The Morgan fingerprint density at radius 3 is 2.30 bits per heavy atom. The van der Waals surface area contributed by atoms with Crippen molar-refractivity contribution in [3.63, 3.8) is 0 Å². The minimum absolute atomic E-state index is 0.255. The number of pyridine rings is 1. The van der Waals surface area contributed by atoms with Crippen molar-refractivity contribution in [2.24, 2.45) is 0 Å². The zero-order valence-electron chi connectivity index (χ0n) is 14.2. The molecule has 1 heterocycles. The monoisotopic (exact) mass is 365 g/mol. The van der Waals surface area contributed by atoms with Crippen LogP contribution in [0.2, 0.25) is 0 Å². The molecule has 0 spiro atoms. The molecule has 2 amide bonds. The van der Waals surface area contributed by atoms with Gasteiger partial charge in [0.1, 0.15) is 5.82 Å². The highest BCUT2D eigenvalue weighted by molar-refractivity contribution is 6.04. The minimum Gasteiger partial charge on any atom is -0.619 e. The Bertz CT molecular complexity index is 957. The van der Waals surface area contributed by atoms with Gasteiger partial charge >= 0.3 is 0 Å². The fourth-order valence-electron chi connectivity index (χ4n) is 2.41. The van der Waals surface area contributed by atoms with E-state index in [0.29, 0.717) is 21.5 Å². The highest BCUT2D eigenvalue weighted by Gasteiger charge is 2.08. The summed E-state index contributed by atoms with van der Waals surface area (Å²) < 4.78 is 13.5. The van der Waals surface area contributed by atoms with Crippen LogP contribution in [0.5, 0.6) is 0 Å². The van der Waals surface area contributed by atoms with Crippen LogP contribution in [0, 0.1) is 11.0 Å². The van der Waals surface area contributed by atoms with Gasteiger partial charge in [-0.1, -0.05) is 12.1 Å². The van der Waals surface area contributed by atoms with Gasteiger partial charge in [-0.25, -0.2) is 4.39 Å². The average molecular weight is 365 g/mol. The maximum absolute atomic E-state index is 12.9. The number of nitrogens with one attached hydrogen (secondary N) is 2. The number of carbonyl (C=O) groups excluding carboxylic acids is 2. The Balaban J connectivity index is 1.61. The number of amides is 2. The number of nitrogens with zero attached hydrogens (tertiary/aromatic N) is 1. The van der Waals surface area contributed by atoms with E-state index in [1.165, 1.54) is 48.8 Å². The van der Waals surface area contributed by atoms with Crippen LogP contribution in [-0.2, 0) is 6.54 Å². The van der Waals surface area contributed by atoms with Gasteiger partial charge in [-0.3, -0.25) is 9.59 Å². The summed E-state index contributed by atoms with van der Waals surface area (Å²) in [5.74, 6) is -1.07. The zero-order chi connectivity index (χ0) is 19.2. The first kappa shape index (κ1) is 18.1. The van der Waals surface area contributed by atoms with Crippen LogP contribution in [0.3, 0.4) is 0 Å². The van der Waals surface area contributed by atoms with E-state index in [4.69, 9.17) is 0 Å². The molecule has 7 heteroatoms. The Morgan fingerprint density at radius 2 is 1.59 bits per heavy atom. The molecule has 0 aliphatic heterocycles. The van der Waals surface area contributed by atoms with Crippen LogP contribution in [0.25, 0.3) is 0 Å². The lowest BCUT2D eigenvalue weighted by Gasteiger charge is -2.09. The van der Waals surface area contributed by atoms with Gasteiger partial charge in [-0.2, -0.15) is 4.73 Å². The summed E-state index contributed by atoms with van der Waals surface area (Å²) in [6.07, 6.45) is 2.50. The Morgan fingerprint density at radius 1 is 0.926 bits per heavy atom. The molecule has 3 aromatic rings. The molecule has 27 heavy (non-hydrogen) atoms. The second kappa shape index (κ2) is 8.09. The number of rotatable bonds is 5. The van der Waals surface area contributed by atoms with E-state index >= 15 is 0 Å². The van der Waals surface area contributed by atoms with Crippen LogP contribution in [0.4, 0.5) is 10.1 Å². The summed E-state index contributed by atoms with van der Waals surface area (Å²) >= 11 is 0. The van der Waals surface area contributed by atoms with E-state index in [0.717, 1.165) is 5.56 Å². The van der Waals surface area contributed by atoms with Crippen LogP contribution in [0.15, 0.2) is 73.1 Å². The molecule has 0 atom stereocenters. The lowest BCUT2D eigenvalue weighted by molar-refractivity contribution is -0.605. The molecule has 136 valence electrons. The van der Waals surface area contributed by atoms with Crippen LogP contribution >= 0.6 is 0 Å². The summed E-state index contributed by atoms with van der Waals surface area (Å²) in [5.41, 5.74) is 2.07. The van der Waals surface area contributed by atoms with Crippen molar-refractivity contribution in [3.05, 3.63) is 101 Å². The minimum atomic E-state index is -0.409. The first-order chi connectivity index (χ1) is 13.0. The Labute approximate surface area is 154 Å². The van der Waals surface area contributed by atoms with Gasteiger partial charge in [0.2, 0.25) is 0 Å². The Hall–Kier alpha value is -3.74. The maximum atomic E-state index is 12.9. The lowest BCUT2D eigenvalue weighted by Crippen LogP contribution is -2.27. The van der Waals surface area contributed by atoms with E-state index in [1.54, 1.807) is 18.2 Å². The first-order valence-corrected chi connectivity index (χ1v) is 8.14. The largest absolute Gasteiger partial charge is 0.619 e. The van der Waals surface area contributed by atoms with Gasteiger partial charge in [-0.15, -0.1) is 0 Å². The summed E-state index contributed by atoms with van der Waals surface area (Å²) in [7, 11) is 0. The predicted octanol–water partition coefficient (Wildman–Crippen LogP) is 2.64. The molecule has 0 unspecified atom stereocenters. The molecule has 0 radical (unpaired) electrons. The number of benzene rings is 2. The number of halogens is 1. The highest BCUT2D eigenvalue weighted by atomic mass is 19.1. The summed E-state index contributed by atoms with van der Waals surface area (Å²) in [6, 6.07) is 15.1. The molecule has 2 aromatic carbocycles. The van der Waals surface area contributed by atoms with Crippen molar-refractivity contribution in [1.29, 1.82) is 0 Å². The van der Waals surface area contributed by atoms with Gasteiger partial charge in [0, 0.05) is 29.9 Å². The predicted molar refractivity (Wildman–Crippen MR) is 97.4 cm³/mol. The first-order valence-electron chi connectivity index (χ1n) is 8.14. The van der Waals surface area contributed by atoms with Crippen molar-refractivity contribution in [1.82, 2.24) is 5.32 Å². The number of carbonyl (C=O) groups is 2. The molecule has 6 nitrogen and oxygen atoms in total. The molecule has 0 aliphatic carbocycles. The topological polar surface area (TPSA) is 85.1 Å². The number of aromatic nitrogens is 1. The number of hydrogen-bond acceptors (Lipinski definition) is 3. The average Bonchev–Trinajstić information content (AvgIpc) is 2.67. The fraction of sp³-hybridized carbons (Fsp3) is 0.0500. The molecule has 0 bridgehead atoms. The Kier molecular flexibility index (Phi) is 5.41. The molecular weight excluding hydrogens is 349 g/mol. The van der Waals surface area contributed by atoms with E-state index in [1.807, 2.05) is 6.07 Å². The molecular formula is C20H16FN3O3. The van der Waals surface area contributed by atoms with Crippen molar-refractivity contribution < 1.29 is 18.7 Å². The maximum Gasteiger partial charge on any atom is 0.255 e. The normalized spacial score (nSPS) is 10.3. The smallest absolute Gasteiger partial charge is 0.255 e. The lowest BCUT2D eigenvalue weighted by atomic mass is 10.1. The van der Waals surface area contributed by atoms with E-state index in [9.17, 15) is 19.2 Å². The van der Waals surface area contributed by atoms with Crippen molar-refractivity contribution in [2.75, 3.05) is 5.32 Å². The van der Waals surface area contributed by atoms with Gasteiger partial charge in [0.25, 0.3) is 11.8 Å². The van der Waals surface area contributed by atoms with Gasteiger partial charge in [-0.05, 0) is 42.0 Å². The summed E-state index contributed by atoms with van der Waals surface area (Å²) in [4.78, 5) is 24.3. The van der Waals surface area contributed by atoms with E-state index in [2.05, 4.69) is 10.6 Å². The van der Waals surface area contributed by atoms with Crippen LogP contribution < -0.4 is 15.4 Å². The number of hydrogen-bond donors (Lipinski definition) is 2. The summed E-state index contributed by atoms with van der Waals surface area (Å²) in [6.45, 7) is 0.255. The number of anilines is 1. The zero-order valence-corrected chi connectivity index (χ0v) is 14.2. The van der Waals surface area contributed by atoms with Crippen molar-refractivity contribution in [3.8, 4) is 0 Å². The molecule has 3 rings (SSSR count). The standard InChI is InChI=1S/C20H16FN3O3/c21-17-6-4-15(5-7-17)20(26)23-18-3-1-2-14(12-18)13-22-19(25)16-8-10-24(27)11-9-16/h1-12H,13H2,(H,22,25)(H,23,26). The molecule has 0 fully saturated rings. The quantitative estimate of drug-likeness (QED) is 0.538. The van der Waals surface area contributed by atoms with Crippen molar-refractivity contribution in [2.45, 2.75) is 6.54 Å². The van der Waals surface area contributed by atoms with E-state index in [-0.39, 0.29) is 18.4 Å². The van der Waals surface area contributed by atoms with Crippen LogP contribution in [0.1, 0.15) is 26.3 Å². The third-order valence-corrected chi connectivity index (χ3v) is 3.81. The van der Waals surface area contributed by atoms with Crippen LogP contribution in [-0.4, -0.2) is 11.8 Å². The second-order valence-corrected chi connectivity index (χ2v) is 5.79. The summed E-state index contributed by atoms with van der Waals surface area (Å²) in [5, 5.41) is 16.5. The molecule has 1 aromatic heterocycles. The molecule has 2 N–H and O–H groups in total. The highest BCUT2D eigenvalue weighted by Crippen LogP contribution is 2.13. The molecule has 0 saturated carbocycles. The SMILES string of the molecule is O=C(NCc1cccc(NC(=O)c2ccc(F)cc2)c1)c1cc[n+]([O-])cc1. The third-order valence-electron chi connectivity index (χ3n) is 3.81. The second-order valence-electron chi connectivity index (χ2n) is 5.79. The van der Waals surface area contributed by atoms with Gasteiger partial charge in [0.05, 0.1) is 5.56 Å². The van der Waals surface area contributed by atoms with Crippen molar-refractivity contribution >= 4 is 17.5 Å². The third kappa shape index (κ3) is 4.88. The molecule has 0 saturated heterocycles.